The molecule has 0 unspecified atom stereocenters. The zero-order chi connectivity index (χ0) is 20.4. The lowest BCUT2D eigenvalue weighted by atomic mass is 9.79. The van der Waals surface area contributed by atoms with Crippen molar-refractivity contribution in [1.29, 1.82) is 0 Å². The van der Waals surface area contributed by atoms with Crippen LogP contribution in [0.25, 0.3) is 0 Å². The predicted molar refractivity (Wildman–Crippen MR) is 120 cm³/mol. The molecule has 3 aromatic rings. The zero-order valence-corrected chi connectivity index (χ0v) is 18.1. The lowest BCUT2D eigenvalue weighted by Gasteiger charge is -2.40. The van der Waals surface area contributed by atoms with Crippen molar-refractivity contribution in [3.05, 3.63) is 99.5 Å². The van der Waals surface area contributed by atoms with E-state index < -0.39 is 5.60 Å². The molecule has 29 heavy (non-hydrogen) atoms. The summed E-state index contributed by atoms with van der Waals surface area (Å²) in [5, 5.41) is 22.7. The first-order valence-corrected chi connectivity index (χ1v) is 10.9. The van der Waals surface area contributed by atoms with Crippen molar-refractivity contribution in [2.45, 2.75) is 38.0 Å². The van der Waals surface area contributed by atoms with Crippen molar-refractivity contribution >= 4 is 15.9 Å². The van der Waals surface area contributed by atoms with Gasteiger partial charge in [0.25, 0.3) is 0 Å². The van der Waals surface area contributed by atoms with E-state index in [0.29, 0.717) is 12.3 Å². The average molecular weight is 452 g/mol. The molecule has 0 radical (unpaired) electrons. The van der Waals surface area contributed by atoms with E-state index in [2.05, 4.69) is 20.8 Å². The summed E-state index contributed by atoms with van der Waals surface area (Å²) in [6.45, 7) is 3.51. The standard InChI is InChI=1S/C25H26BrNO2/c1-18-21(23(28)15-14-22(18)26)17-27-16-8-13-24(27)25(29,19-9-4-2-5-10-19)20-11-6-3-7-12-20/h2-7,9-12,14-15,24,28-29H,8,13,16-17H2,1H3/t24-/m1/s1. The summed E-state index contributed by atoms with van der Waals surface area (Å²) in [4.78, 5) is 2.31. The molecule has 1 saturated heterocycles. The highest BCUT2D eigenvalue weighted by molar-refractivity contribution is 9.10. The fourth-order valence-corrected chi connectivity index (χ4v) is 4.91. The molecule has 0 bridgehead atoms. The monoisotopic (exact) mass is 451 g/mol. The van der Waals surface area contributed by atoms with E-state index in [9.17, 15) is 10.2 Å². The van der Waals surface area contributed by atoms with Crippen LogP contribution in [0, 0.1) is 6.92 Å². The van der Waals surface area contributed by atoms with Crippen molar-refractivity contribution in [1.82, 2.24) is 4.90 Å². The van der Waals surface area contributed by atoms with Gasteiger partial charge in [0.2, 0.25) is 0 Å². The summed E-state index contributed by atoms with van der Waals surface area (Å²) in [6, 6.07) is 23.4. The van der Waals surface area contributed by atoms with Gasteiger partial charge in [-0.25, -0.2) is 0 Å². The van der Waals surface area contributed by atoms with Crippen LogP contribution in [0.1, 0.15) is 35.1 Å². The van der Waals surface area contributed by atoms with Crippen molar-refractivity contribution in [2.75, 3.05) is 6.54 Å². The highest BCUT2D eigenvalue weighted by atomic mass is 79.9. The maximum Gasteiger partial charge on any atom is 0.130 e. The Kier molecular flexibility index (Phi) is 5.77. The molecule has 1 aliphatic rings. The van der Waals surface area contributed by atoms with Crippen LogP contribution in [0.15, 0.2) is 77.3 Å². The molecule has 1 heterocycles. The number of aliphatic hydroxyl groups is 1. The Labute approximate surface area is 180 Å². The van der Waals surface area contributed by atoms with Gasteiger partial charge < -0.3 is 10.2 Å². The maximum atomic E-state index is 12.2. The number of aromatic hydroxyl groups is 1. The molecule has 3 aromatic carbocycles. The minimum Gasteiger partial charge on any atom is -0.508 e. The first-order chi connectivity index (χ1) is 14.0. The second-order valence-corrected chi connectivity index (χ2v) is 8.65. The summed E-state index contributed by atoms with van der Waals surface area (Å²) in [6.07, 6.45) is 1.91. The first kappa shape index (κ1) is 20.1. The number of phenolic OH excluding ortho intramolecular Hbond substituents is 1. The van der Waals surface area contributed by atoms with E-state index in [1.165, 1.54) is 0 Å². The number of likely N-dealkylation sites (tertiary alicyclic amines) is 1. The highest BCUT2D eigenvalue weighted by Gasteiger charge is 2.45. The summed E-state index contributed by atoms with van der Waals surface area (Å²) in [5.74, 6) is 0.305. The third-order valence-electron chi connectivity index (χ3n) is 6.14. The van der Waals surface area contributed by atoms with E-state index >= 15 is 0 Å². The Morgan fingerprint density at radius 2 is 1.55 bits per heavy atom. The number of nitrogens with zero attached hydrogens (tertiary/aromatic N) is 1. The van der Waals surface area contributed by atoms with Crippen LogP contribution in [0.3, 0.4) is 0 Å². The topological polar surface area (TPSA) is 43.7 Å². The first-order valence-electron chi connectivity index (χ1n) is 10.1. The summed E-state index contributed by atoms with van der Waals surface area (Å²) < 4.78 is 0.988. The Balaban J connectivity index is 1.76. The minimum absolute atomic E-state index is 0.0786. The second-order valence-electron chi connectivity index (χ2n) is 7.80. The molecule has 0 aromatic heterocycles. The van der Waals surface area contributed by atoms with Gasteiger partial charge in [-0.05, 0) is 55.1 Å². The fourth-order valence-electron chi connectivity index (χ4n) is 4.54. The number of hydrogen-bond acceptors (Lipinski definition) is 3. The Morgan fingerprint density at radius 1 is 0.966 bits per heavy atom. The van der Waals surface area contributed by atoms with E-state index in [4.69, 9.17) is 0 Å². The number of hydrogen-bond donors (Lipinski definition) is 2. The average Bonchev–Trinajstić information content (AvgIpc) is 3.23. The summed E-state index contributed by atoms with van der Waals surface area (Å²) in [7, 11) is 0. The molecule has 0 amide bonds. The molecule has 4 heteroatoms. The van der Waals surface area contributed by atoms with Crippen LogP contribution >= 0.6 is 15.9 Å². The van der Waals surface area contributed by atoms with E-state index in [1.54, 1.807) is 6.07 Å². The second kappa shape index (κ2) is 8.31. The highest BCUT2D eigenvalue weighted by Crippen LogP contribution is 2.41. The molecular formula is C25H26BrNO2. The molecular weight excluding hydrogens is 426 g/mol. The van der Waals surface area contributed by atoms with Crippen molar-refractivity contribution in [3.63, 3.8) is 0 Å². The van der Waals surface area contributed by atoms with Crippen molar-refractivity contribution in [3.8, 4) is 5.75 Å². The number of benzene rings is 3. The lowest BCUT2D eigenvalue weighted by molar-refractivity contribution is -0.00678. The van der Waals surface area contributed by atoms with Crippen LogP contribution in [-0.4, -0.2) is 27.7 Å². The lowest BCUT2D eigenvalue weighted by Crippen LogP contribution is -2.48. The fraction of sp³-hybridized carbons (Fsp3) is 0.280. The molecule has 0 saturated carbocycles. The van der Waals surface area contributed by atoms with Crippen LogP contribution < -0.4 is 0 Å². The summed E-state index contributed by atoms with van der Waals surface area (Å²) in [5.41, 5.74) is 2.64. The molecule has 3 nitrogen and oxygen atoms in total. The van der Waals surface area contributed by atoms with E-state index in [1.807, 2.05) is 73.7 Å². The molecule has 1 atom stereocenters. The predicted octanol–water partition coefficient (Wildman–Crippen LogP) is 5.36. The zero-order valence-electron chi connectivity index (χ0n) is 16.6. The van der Waals surface area contributed by atoms with Gasteiger partial charge in [-0.3, -0.25) is 4.90 Å². The molecule has 1 fully saturated rings. The summed E-state index contributed by atoms with van der Waals surface area (Å²) >= 11 is 3.58. The van der Waals surface area contributed by atoms with Crippen molar-refractivity contribution in [2.24, 2.45) is 0 Å². The number of halogens is 1. The van der Waals surface area contributed by atoms with Gasteiger partial charge in [-0.1, -0.05) is 76.6 Å². The normalized spacial score (nSPS) is 17.6. The van der Waals surface area contributed by atoms with Gasteiger partial charge in [0, 0.05) is 22.6 Å². The maximum absolute atomic E-state index is 12.2. The Morgan fingerprint density at radius 3 is 2.14 bits per heavy atom. The van der Waals surface area contributed by atoms with Gasteiger partial charge in [0.15, 0.2) is 0 Å². The Bertz CT molecular complexity index is 935. The van der Waals surface area contributed by atoms with E-state index in [-0.39, 0.29) is 6.04 Å². The van der Waals surface area contributed by atoms with Gasteiger partial charge in [-0.2, -0.15) is 0 Å². The van der Waals surface area contributed by atoms with Gasteiger partial charge in [0.05, 0.1) is 0 Å². The SMILES string of the molecule is Cc1c(Br)ccc(O)c1CN1CCC[C@@H]1C(O)(c1ccccc1)c1ccccc1. The molecule has 0 aliphatic carbocycles. The third kappa shape index (κ3) is 3.73. The molecule has 4 rings (SSSR count). The largest absolute Gasteiger partial charge is 0.508 e. The van der Waals surface area contributed by atoms with Crippen LogP contribution in [0.4, 0.5) is 0 Å². The van der Waals surface area contributed by atoms with Crippen LogP contribution in [-0.2, 0) is 12.1 Å². The van der Waals surface area contributed by atoms with Crippen LogP contribution in [0.2, 0.25) is 0 Å². The van der Waals surface area contributed by atoms with Gasteiger partial charge in [0.1, 0.15) is 11.4 Å². The molecule has 150 valence electrons. The van der Waals surface area contributed by atoms with Gasteiger partial charge in [-0.15, -0.1) is 0 Å². The minimum atomic E-state index is -1.12. The molecule has 0 spiro atoms. The van der Waals surface area contributed by atoms with Crippen molar-refractivity contribution < 1.29 is 10.2 Å². The third-order valence-corrected chi connectivity index (χ3v) is 7.00. The van der Waals surface area contributed by atoms with Crippen LogP contribution in [0.5, 0.6) is 5.75 Å². The Hall–Kier alpha value is -2.14. The smallest absolute Gasteiger partial charge is 0.130 e. The van der Waals surface area contributed by atoms with Gasteiger partial charge >= 0.3 is 0 Å². The number of rotatable bonds is 5. The molecule has 2 N–H and O–H groups in total. The quantitative estimate of drug-likeness (QED) is 0.548. The number of phenols is 1. The van der Waals surface area contributed by atoms with E-state index in [0.717, 1.165) is 46.1 Å². The molecule has 1 aliphatic heterocycles.